The predicted octanol–water partition coefficient (Wildman–Crippen LogP) is 1.86. The molecule has 0 bridgehead atoms. The molecule has 1 atom stereocenters. The number of nitrogens with one attached hydrogen (secondary N) is 1. The SMILES string of the molecule is O=C(Nc1cc2oc(N3CCOCC3)nc2nc1N1CCCCC1)c1coc(N2CC[C@H](O)C2)n1. The Morgan fingerprint density at radius 1 is 0.971 bits per heavy atom. The number of hydrogen-bond donors (Lipinski definition) is 2. The summed E-state index contributed by atoms with van der Waals surface area (Å²) in [7, 11) is 0. The minimum atomic E-state index is -0.409. The number of morpholine rings is 1. The van der Waals surface area contributed by atoms with Crippen molar-refractivity contribution >= 4 is 40.7 Å². The molecular weight excluding hydrogens is 454 g/mol. The number of β-amino-alcohol motifs (C(OH)–C–C–N with tert-alkyl or cyclic N) is 1. The van der Waals surface area contributed by atoms with E-state index in [-0.39, 0.29) is 5.69 Å². The zero-order valence-corrected chi connectivity index (χ0v) is 19.5. The molecule has 0 aliphatic carbocycles. The topological polar surface area (TPSA) is 133 Å². The highest BCUT2D eigenvalue weighted by atomic mass is 16.5. The second-order valence-corrected chi connectivity index (χ2v) is 9.18. The van der Waals surface area contributed by atoms with E-state index in [0.29, 0.717) is 80.6 Å². The van der Waals surface area contributed by atoms with E-state index in [9.17, 15) is 9.90 Å². The summed E-state index contributed by atoms with van der Waals surface area (Å²) in [5.74, 6) is 0.283. The largest absolute Gasteiger partial charge is 0.431 e. The van der Waals surface area contributed by atoms with Gasteiger partial charge in [0.05, 0.1) is 25.0 Å². The van der Waals surface area contributed by atoms with Crippen molar-refractivity contribution in [3.63, 3.8) is 0 Å². The van der Waals surface area contributed by atoms with E-state index >= 15 is 0 Å². The fourth-order valence-electron chi connectivity index (χ4n) is 4.79. The summed E-state index contributed by atoms with van der Waals surface area (Å²) in [5, 5.41) is 12.7. The fraction of sp³-hybridized carbons (Fsp3) is 0.565. The van der Waals surface area contributed by atoms with Gasteiger partial charge in [-0.2, -0.15) is 9.97 Å². The van der Waals surface area contributed by atoms with Crippen molar-refractivity contribution in [2.24, 2.45) is 0 Å². The third-order valence-electron chi connectivity index (χ3n) is 6.70. The van der Waals surface area contributed by atoms with Gasteiger partial charge >= 0.3 is 0 Å². The average molecular weight is 484 g/mol. The lowest BCUT2D eigenvalue weighted by Crippen LogP contribution is -2.36. The third-order valence-corrected chi connectivity index (χ3v) is 6.70. The van der Waals surface area contributed by atoms with Gasteiger partial charge in [-0.05, 0) is 25.7 Å². The Kier molecular flexibility index (Phi) is 5.90. The van der Waals surface area contributed by atoms with E-state index in [1.165, 1.54) is 12.7 Å². The Morgan fingerprint density at radius 2 is 1.80 bits per heavy atom. The molecule has 2 N–H and O–H groups in total. The first-order valence-corrected chi connectivity index (χ1v) is 12.2. The molecule has 3 aliphatic heterocycles. The van der Waals surface area contributed by atoms with Crippen LogP contribution in [0.2, 0.25) is 0 Å². The molecule has 6 heterocycles. The number of hydrogen-bond acceptors (Lipinski definition) is 11. The highest BCUT2D eigenvalue weighted by molar-refractivity contribution is 6.05. The van der Waals surface area contributed by atoms with Crippen molar-refractivity contribution in [1.82, 2.24) is 15.0 Å². The maximum Gasteiger partial charge on any atom is 0.300 e. The zero-order valence-electron chi connectivity index (χ0n) is 19.5. The first kappa shape index (κ1) is 22.1. The Labute approximate surface area is 201 Å². The van der Waals surface area contributed by atoms with Crippen LogP contribution in [0.25, 0.3) is 11.2 Å². The predicted molar refractivity (Wildman–Crippen MR) is 128 cm³/mol. The molecule has 3 saturated heterocycles. The summed E-state index contributed by atoms with van der Waals surface area (Å²) in [6.45, 7) is 5.47. The van der Waals surface area contributed by atoms with Crippen molar-refractivity contribution in [3.05, 3.63) is 18.0 Å². The van der Waals surface area contributed by atoms with Gasteiger partial charge in [0.15, 0.2) is 17.1 Å². The Bertz CT molecular complexity index is 1200. The normalized spacial score (nSPS) is 21.2. The summed E-state index contributed by atoms with van der Waals surface area (Å²) in [4.78, 5) is 32.9. The van der Waals surface area contributed by atoms with Crippen LogP contribution in [-0.2, 0) is 4.74 Å². The van der Waals surface area contributed by atoms with Crippen molar-refractivity contribution in [2.45, 2.75) is 31.8 Å². The van der Waals surface area contributed by atoms with Crippen LogP contribution < -0.4 is 20.0 Å². The van der Waals surface area contributed by atoms with Crippen LogP contribution in [0.15, 0.2) is 21.2 Å². The molecular formula is C23H29N7O5. The van der Waals surface area contributed by atoms with Crippen LogP contribution in [0, 0.1) is 0 Å². The monoisotopic (exact) mass is 483 g/mol. The van der Waals surface area contributed by atoms with Crippen LogP contribution in [-0.4, -0.2) is 84.6 Å². The van der Waals surface area contributed by atoms with Gasteiger partial charge in [-0.15, -0.1) is 0 Å². The van der Waals surface area contributed by atoms with Crippen LogP contribution in [0.4, 0.5) is 23.5 Å². The number of aromatic nitrogens is 3. The number of anilines is 4. The Balaban J connectivity index is 1.29. The number of aliphatic hydroxyl groups is 1. The molecule has 0 radical (unpaired) electrons. The van der Waals surface area contributed by atoms with Crippen LogP contribution >= 0.6 is 0 Å². The summed E-state index contributed by atoms with van der Waals surface area (Å²) in [6, 6.07) is 2.64. The molecule has 3 aromatic rings. The number of oxazole rings is 2. The van der Waals surface area contributed by atoms with Gasteiger partial charge in [0.1, 0.15) is 6.26 Å². The molecule has 0 aromatic carbocycles. The number of carbonyl (C=O) groups is 1. The summed E-state index contributed by atoms with van der Waals surface area (Å²) in [5.41, 5.74) is 1.74. The third kappa shape index (κ3) is 4.50. The van der Waals surface area contributed by atoms with Crippen molar-refractivity contribution < 1.29 is 23.5 Å². The van der Waals surface area contributed by atoms with E-state index in [1.54, 1.807) is 6.07 Å². The first-order valence-electron chi connectivity index (χ1n) is 12.2. The van der Waals surface area contributed by atoms with E-state index < -0.39 is 12.0 Å². The number of carbonyl (C=O) groups excluding carboxylic acids is 1. The van der Waals surface area contributed by atoms with Gasteiger partial charge in [0.2, 0.25) is 5.65 Å². The fourth-order valence-corrected chi connectivity index (χ4v) is 4.79. The molecule has 6 rings (SSSR count). The number of aliphatic hydroxyl groups excluding tert-OH is 1. The lowest BCUT2D eigenvalue weighted by atomic mass is 10.1. The van der Waals surface area contributed by atoms with E-state index in [4.69, 9.17) is 18.6 Å². The number of piperidine rings is 1. The molecule has 0 unspecified atom stereocenters. The van der Waals surface area contributed by atoms with Crippen molar-refractivity contribution in [2.75, 3.05) is 72.5 Å². The minimum Gasteiger partial charge on any atom is -0.431 e. The average Bonchev–Trinajstić information content (AvgIpc) is 3.64. The molecule has 3 aromatic heterocycles. The van der Waals surface area contributed by atoms with Crippen molar-refractivity contribution in [3.8, 4) is 0 Å². The smallest absolute Gasteiger partial charge is 0.300 e. The van der Waals surface area contributed by atoms with E-state index in [2.05, 4.69) is 20.2 Å². The second kappa shape index (κ2) is 9.34. The number of fused-ring (bicyclic) bond motifs is 1. The molecule has 3 fully saturated rings. The Morgan fingerprint density at radius 3 is 2.57 bits per heavy atom. The summed E-state index contributed by atoms with van der Waals surface area (Å²) >= 11 is 0. The van der Waals surface area contributed by atoms with Crippen LogP contribution in [0.1, 0.15) is 36.2 Å². The second-order valence-electron chi connectivity index (χ2n) is 9.18. The molecule has 12 nitrogen and oxygen atoms in total. The summed E-state index contributed by atoms with van der Waals surface area (Å²) in [6.07, 6.45) is 4.90. The molecule has 186 valence electrons. The molecule has 3 aliphatic rings. The lowest BCUT2D eigenvalue weighted by molar-refractivity contribution is 0.102. The van der Waals surface area contributed by atoms with Crippen molar-refractivity contribution in [1.29, 1.82) is 0 Å². The molecule has 35 heavy (non-hydrogen) atoms. The number of pyridine rings is 1. The standard InChI is InChI=1S/C23H29N7O5/c31-15-4-7-30(13-15)22-25-17(14-34-22)21(32)24-16-12-18-19(26-20(16)28-5-2-1-3-6-28)27-23(35-18)29-8-10-33-11-9-29/h12,14-15,31H,1-11,13H2,(H,24,32)/t15-/m0/s1. The van der Waals surface area contributed by atoms with Gasteiger partial charge in [-0.1, -0.05) is 0 Å². The highest BCUT2D eigenvalue weighted by Gasteiger charge is 2.27. The maximum atomic E-state index is 13.1. The molecule has 12 heteroatoms. The van der Waals surface area contributed by atoms with Gasteiger partial charge in [0, 0.05) is 45.3 Å². The zero-order chi connectivity index (χ0) is 23.8. The maximum absolute atomic E-state index is 13.1. The lowest BCUT2D eigenvalue weighted by Gasteiger charge is -2.29. The summed E-state index contributed by atoms with van der Waals surface area (Å²) < 4.78 is 17.0. The molecule has 0 spiro atoms. The number of nitrogens with zero attached hydrogens (tertiary/aromatic N) is 6. The first-order chi connectivity index (χ1) is 17.1. The van der Waals surface area contributed by atoms with Crippen LogP contribution in [0.3, 0.4) is 0 Å². The Hall–Kier alpha value is -3.38. The number of rotatable bonds is 5. The van der Waals surface area contributed by atoms with E-state index in [0.717, 1.165) is 25.9 Å². The van der Waals surface area contributed by atoms with Gasteiger partial charge < -0.3 is 38.7 Å². The highest BCUT2D eigenvalue weighted by Crippen LogP contribution is 2.33. The van der Waals surface area contributed by atoms with Gasteiger partial charge in [-0.3, -0.25) is 4.79 Å². The number of ether oxygens (including phenoxy) is 1. The van der Waals surface area contributed by atoms with E-state index in [1.807, 2.05) is 9.80 Å². The quantitative estimate of drug-likeness (QED) is 0.551. The van der Waals surface area contributed by atoms with Gasteiger partial charge in [0.25, 0.3) is 17.9 Å². The minimum absolute atomic E-state index is 0.164. The molecule has 1 amide bonds. The van der Waals surface area contributed by atoms with Crippen LogP contribution in [0.5, 0.6) is 0 Å². The van der Waals surface area contributed by atoms with Gasteiger partial charge in [-0.25, -0.2) is 4.98 Å². The number of amides is 1. The molecule has 0 saturated carbocycles.